The van der Waals surface area contributed by atoms with Gasteiger partial charge < -0.3 is 29.8 Å². The van der Waals surface area contributed by atoms with Crippen LogP contribution in [-0.2, 0) is 23.0 Å². The Bertz CT molecular complexity index is 1190. The molecular formula is C26H30N4O5. The third-order valence-electron chi connectivity index (χ3n) is 6.08. The third kappa shape index (κ3) is 5.21. The molecule has 0 saturated heterocycles. The number of para-hydroxylation sites is 1. The number of anilines is 2. The van der Waals surface area contributed by atoms with Gasteiger partial charge in [0.25, 0.3) is 0 Å². The highest BCUT2D eigenvalue weighted by atomic mass is 16.5. The van der Waals surface area contributed by atoms with Crippen molar-refractivity contribution in [1.82, 2.24) is 14.9 Å². The van der Waals surface area contributed by atoms with Gasteiger partial charge in [0.2, 0.25) is 5.91 Å². The molecule has 184 valence electrons. The second-order valence-corrected chi connectivity index (χ2v) is 8.35. The minimum Gasteiger partial charge on any atom is -0.489 e. The fourth-order valence-corrected chi connectivity index (χ4v) is 4.44. The molecule has 1 amide bonds. The summed E-state index contributed by atoms with van der Waals surface area (Å²) in [6.07, 6.45) is 3.84. The molecule has 1 atom stereocenters. The van der Waals surface area contributed by atoms with Crippen molar-refractivity contribution in [3.8, 4) is 17.0 Å². The van der Waals surface area contributed by atoms with Gasteiger partial charge >= 0.3 is 0 Å². The molecule has 1 aliphatic carbocycles. The van der Waals surface area contributed by atoms with Crippen molar-refractivity contribution in [2.24, 2.45) is 13.0 Å². The summed E-state index contributed by atoms with van der Waals surface area (Å²) in [4.78, 5) is 30.3. The molecule has 3 aromatic rings. The van der Waals surface area contributed by atoms with Crippen molar-refractivity contribution in [3.05, 3.63) is 60.0 Å². The van der Waals surface area contributed by atoms with Crippen LogP contribution in [0.15, 0.2) is 48.8 Å². The predicted octanol–water partition coefficient (Wildman–Crippen LogP) is 2.71. The van der Waals surface area contributed by atoms with Gasteiger partial charge in [-0.05, 0) is 18.2 Å². The second kappa shape index (κ2) is 11.2. The molecule has 2 heterocycles. The Morgan fingerprint density at radius 1 is 1.20 bits per heavy atom. The van der Waals surface area contributed by atoms with E-state index in [2.05, 4.69) is 15.6 Å². The second-order valence-electron chi connectivity index (χ2n) is 8.35. The molecule has 1 unspecified atom stereocenters. The molecule has 4 rings (SSSR count). The molecule has 1 aliphatic rings. The fraction of sp³-hybridized carbons (Fsp3) is 0.346. The molecule has 2 aromatic heterocycles. The van der Waals surface area contributed by atoms with E-state index in [4.69, 9.17) is 14.6 Å². The Morgan fingerprint density at radius 3 is 2.74 bits per heavy atom. The molecule has 0 fully saturated rings. The molecule has 0 radical (unpaired) electrons. The van der Waals surface area contributed by atoms with Crippen molar-refractivity contribution in [2.45, 2.75) is 12.8 Å². The minimum atomic E-state index is -0.498. The molecule has 3 N–H and O–H groups in total. The van der Waals surface area contributed by atoms with Crippen LogP contribution in [0.2, 0.25) is 0 Å². The summed E-state index contributed by atoms with van der Waals surface area (Å²) in [7, 11) is 3.50. The number of ether oxygens (including phenoxy) is 2. The van der Waals surface area contributed by atoms with Gasteiger partial charge in [0, 0.05) is 56.7 Å². The number of hydrogen-bond acceptors (Lipinski definition) is 7. The first kappa shape index (κ1) is 24.4. The zero-order chi connectivity index (χ0) is 24.8. The number of carbonyl (C=O) groups excluding carboxylic acids is 2. The quantitative estimate of drug-likeness (QED) is 0.384. The number of nitrogens with zero attached hydrogens (tertiary/aromatic N) is 2. The Kier molecular flexibility index (Phi) is 7.79. The predicted molar refractivity (Wildman–Crippen MR) is 132 cm³/mol. The fourth-order valence-electron chi connectivity index (χ4n) is 4.44. The molecule has 9 nitrogen and oxygen atoms in total. The third-order valence-corrected chi connectivity index (χ3v) is 6.08. The molecule has 0 bridgehead atoms. The molecule has 9 heteroatoms. The average Bonchev–Trinajstić information content (AvgIpc) is 3.15. The number of methoxy groups -OCH3 is 1. The standard InChI is InChI=1S/C26H30N4O5/c1-30-20-14-17(26(33)28-10-11-31)15-21(32)23(20)24(29-18-6-4-3-5-7-18)25(30)19-8-9-27-16-22(19)35-13-12-34-2/h3-9,16-17,29,31H,10-15H2,1-2H3,(H,28,33). The van der Waals surface area contributed by atoms with E-state index in [1.807, 2.05) is 48.0 Å². The number of fused-ring (bicyclic) bond motifs is 1. The summed E-state index contributed by atoms with van der Waals surface area (Å²) in [5.74, 6) is -0.261. The zero-order valence-electron chi connectivity index (χ0n) is 19.9. The Labute approximate surface area is 204 Å². The van der Waals surface area contributed by atoms with Gasteiger partial charge in [0.1, 0.15) is 12.4 Å². The highest BCUT2D eigenvalue weighted by molar-refractivity contribution is 6.09. The van der Waals surface area contributed by atoms with E-state index < -0.39 is 5.92 Å². The first-order valence-electron chi connectivity index (χ1n) is 11.6. The van der Waals surface area contributed by atoms with E-state index in [0.29, 0.717) is 36.6 Å². The number of Topliss-reactive ketones (excluding diaryl/α,β-unsaturated/α-hetero) is 1. The highest BCUT2D eigenvalue weighted by Gasteiger charge is 2.36. The van der Waals surface area contributed by atoms with Crippen molar-refractivity contribution < 1.29 is 24.2 Å². The van der Waals surface area contributed by atoms with Gasteiger partial charge in [-0.3, -0.25) is 14.6 Å². The maximum Gasteiger partial charge on any atom is 0.224 e. The average molecular weight is 479 g/mol. The van der Waals surface area contributed by atoms with Crippen LogP contribution < -0.4 is 15.4 Å². The number of aliphatic hydroxyl groups is 1. The van der Waals surface area contributed by atoms with Crippen molar-refractivity contribution in [2.75, 3.05) is 38.8 Å². The van der Waals surface area contributed by atoms with Gasteiger partial charge in [0.15, 0.2) is 5.78 Å². The lowest BCUT2D eigenvalue weighted by molar-refractivity contribution is -0.125. The van der Waals surface area contributed by atoms with Gasteiger partial charge in [-0.25, -0.2) is 0 Å². The van der Waals surface area contributed by atoms with Crippen LogP contribution in [-0.4, -0.2) is 59.8 Å². The van der Waals surface area contributed by atoms with E-state index in [1.165, 1.54) is 0 Å². The van der Waals surface area contributed by atoms with Crippen LogP contribution in [0.1, 0.15) is 22.5 Å². The Hall–Kier alpha value is -3.69. The normalized spacial score (nSPS) is 14.9. The highest BCUT2D eigenvalue weighted by Crippen LogP contribution is 2.44. The Balaban J connectivity index is 1.82. The molecule has 1 aromatic carbocycles. The van der Waals surface area contributed by atoms with Crippen LogP contribution in [0.25, 0.3) is 11.3 Å². The number of rotatable bonds is 10. The number of pyridine rings is 1. The van der Waals surface area contributed by atoms with Crippen molar-refractivity contribution in [3.63, 3.8) is 0 Å². The number of amides is 1. The Morgan fingerprint density at radius 2 is 2.00 bits per heavy atom. The summed E-state index contributed by atoms with van der Waals surface area (Å²) in [6.45, 7) is 0.794. The minimum absolute atomic E-state index is 0.102. The van der Waals surface area contributed by atoms with Crippen LogP contribution in [0, 0.1) is 5.92 Å². The van der Waals surface area contributed by atoms with E-state index in [1.54, 1.807) is 19.5 Å². The lowest BCUT2D eigenvalue weighted by atomic mass is 9.85. The largest absolute Gasteiger partial charge is 0.489 e. The van der Waals surface area contributed by atoms with E-state index in [-0.39, 0.29) is 31.3 Å². The number of aromatic nitrogens is 2. The number of ketones is 1. The number of carbonyl (C=O) groups is 2. The summed E-state index contributed by atoms with van der Waals surface area (Å²) < 4.78 is 13.0. The topological polar surface area (TPSA) is 115 Å². The van der Waals surface area contributed by atoms with Gasteiger partial charge in [-0.1, -0.05) is 18.2 Å². The first-order chi connectivity index (χ1) is 17.0. The molecule has 0 aliphatic heterocycles. The summed E-state index contributed by atoms with van der Waals surface area (Å²) in [6, 6.07) is 11.5. The lowest BCUT2D eigenvalue weighted by Gasteiger charge is -2.22. The molecule has 0 spiro atoms. The van der Waals surface area contributed by atoms with E-state index >= 15 is 0 Å². The first-order valence-corrected chi connectivity index (χ1v) is 11.6. The monoisotopic (exact) mass is 478 g/mol. The van der Waals surface area contributed by atoms with Crippen LogP contribution in [0.5, 0.6) is 5.75 Å². The van der Waals surface area contributed by atoms with Crippen molar-refractivity contribution >= 4 is 23.1 Å². The molecule has 35 heavy (non-hydrogen) atoms. The zero-order valence-corrected chi connectivity index (χ0v) is 19.9. The van der Waals surface area contributed by atoms with Gasteiger partial charge in [0.05, 0.1) is 42.3 Å². The smallest absolute Gasteiger partial charge is 0.224 e. The van der Waals surface area contributed by atoms with Crippen LogP contribution in [0.3, 0.4) is 0 Å². The summed E-state index contributed by atoms with van der Waals surface area (Å²) in [5, 5.41) is 15.2. The molecule has 0 saturated carbocycles. The lowest BCUT2D eigenvalue weighted by Crippen LogP contribution is -2.37. The summed E-state index contributed by atoms with van der Waals surface area (Å²) >= 11 is 0. The van der Waals surface area contributed by atoms with Crippen LogP contribution in [0.4, 0.5) is 11.4 Å². The van der Waals surface area contributed by atoms with Crippen LogP contribution >= 0.6 is 0 Å². The SMILES string of the molecule is COCCOc1cnccc1-c1c(Nc2ccccc2)c2c(n1C)CC(C(=O)NCCO)CC2=O. The van der Waals surface area contributed by atoms with Gasteiger partial charge in [-0.2, -0.15) is 0 Å². The van der Waals surface area contributed by atoms with Crippen molar-refractivity contribution in [1.29, 1.82) is 0 Å². The number of nitrogens with one attached hydrogen (secondary N) is 2. The van der Waals surface area contributed by atoms with E-state index in [0.717, 1.165) is 22.6 Å². The molecular weight excluding hydrogens is 448 g/mol. The maximum absolute atomic E-state index is 13.4. The number of benzene rings is 1. The number of aliphatic hydroxyl groups excluding tert-OH is 1. The number of hydrogen-bond donors (Lipinski definition) is 3. The summed E-state index contributed by atoms with van der Waals surface area (Å²) in [5.41, 5.74) is 4.43. The van der Waals surface area contributed by atoms with Gasteiger partial charge in [-0.15, -0.1) is 0 Å². The van der Waals surface area contributed by atoms with E-state index in [9.17, 15) is 9.59 Å². The maximum atomic E-state index is 13.4.